The maximum Gasteiger partial charge on any atom is 0.227 e. The van der Waals surface area contributed by atoms with Gasteiger partial charge in [0.05, 0.1) is 18.2 Å². The van der Waals surface area contributed by atoms with Crippen molar-refractivity contribution in [2.24, 2.45) is 11.8 Å². The Morgan fingerprint density at radius 2 is 2.05 bits per heavy atom. The number of aromatic nitrogens is 1. The summed E-state index contributed by atoms with van der Waals surface area (Å²) in [4.78, 5) is 19.0. The number of amides is 1. The standard InChI is InChI=1S/C16H23N3O.2ClH/c1-10-6-11(2)18-13(7-10)9-19(3)16(20)15-12-4-5-14(15)17-8-12;;/h6-7,12,14-15,17H,4-5,8-9H2,1-3H3;2*1H/t12-,14-,15+;;/m0../s1. The van der Waals surface area contributed by atoms with Gasteiger partial charge in [-0.15, -0.1) is 24.8 Å². The van der Waals surface area contributed by atoms with Crippen LogP contribution in [-0.4, -0.2) is 35.4 Å². The van der Waals surface area contributed by atoms with E-state index < -0.39 is 0 Å². The number of nitrogens with one attached hydrogen (secondary N) is 1. The third-order valence-electron chi connectivity index (χ3n) is 4.64. The average molecular weight is 346 g/mol. The number of pyridine rings is 1. The molecule has 6 heteroatoms. The minimum atomic E-state index is 0. The molecule has 2 heterocycles. The molecule has 0 unspecified atom stereocenters. The summed E-state index contributed by atoms with van der Waals surface area (Å²) >= 11 is 0. The average Bonchev–Trinajstić information content (AvgIpc) is 2.96. The lowest BCUT2D eigenvalue weighted by Gasteiger charge is -2.23. The second-order valence-corrected chi connectivity index (χ2v) is 6.35. The Bertz CT molecular complexity index is 498. The van der Waals surface area contributed by atoms with E-state index in [-0.39, 0.29) is 36.6 Å². The van der Waals surface area contributed by atoms with Crippen LogP contribution in [0.5, 0.6) is 0 Å². The molecular weight excluding hydrogens is 321 g/mol. The summed E-state index contributed by atoms with van der Waals surface area (Å²) in [6, 6.07) is 4.53. The highest BCUT2D eigenvalue weighted by atomic mass is 35.5. The molecule has 1 saturated carbocycles. The number of fused-ring (bicyclic) bond motifs is 2. The first-order valence-corrected chi connectivity index (χ1v) is 7.47. The van der Waals surface area contributed by atoms with Crippen molar-refractivity contribution in [3.8, 4) is 0 Å². The minimum absolute atomic E-state index is 0. The van der Waals surface area contributed by atoms with E-state index in [0.29, 0.717) is 18.5 Å². The highest BCUT2D eigenvalue weighted by molar-refractivity contribution is 5.85. The highest BCUT2D eigenvalue weighted by Crippen LogP contribution is 2.38. The van der Waals surface area contributed by atoms with Crippen molar-refractivity contribution in [2.75, 3.05) is 13.6 Å². The number of hydrogen-bond donors (Lipinski definition) is 1. The van der Waals surface area contributed by atoms with Gasteiger partial charge in [-0.05, 0) is 56.8 Å². The maximum absolute atomic E-state index is 12.6. The third-order valence-corrected chi connectivity index (χ3v) is 4.64. The van der Waals surface area contributed by atoms with Crippen LogP contribution in [0.2, 0.25) is 0 Å². The van der Waals surface area contributed by atoms with Gasteiger partial charge in [0.1, 0.15) is 0 Å². The Balaban J connectivity index is 0.00000121. The van der Waals surface area contributed by atoms with Crippen LogP contribution in [0.4, 0.5) is 0 Å². The van der Waals surface area contributed by atoms with Crippen molar-refractivity contribution in [3.63, 3.8) is 0 Å². The van der Waals surface area contributed by atoms with E-state index in [0.717, 1.165) is 24.4 Å². The number of carbonyl (C=O) groups is 1. The molecule has 1 N–H and O–H groups in total. The molecule has 1 aliphatic heterocycles. The zero-order valence-electron chi connectivity index (χ0n) is 13.3. The van der Waals surface area contributed by atoms with E-state index in [1.165, 1.54) is 12.0 Å². The zero-order valence-corrected chi connectivity index (χ0v) is 15.0. The van der Waals surface area contributed by atoms with Gasteiger partial charge in [0, 0.05) is 18.8 Å². The molecule has 0 spiro atoms. The van der Waals surface area contributed by atoms with Crippen molar-refractivity contribution in [1.29, 1.82) is 0 Å². The van der Waals surface area contributed by atoms with Crippen LogP contribution >= 0.6 is 24.8 Å². The predicted molar refractivity (Wildman–Crippen MR) is 92.7 cm³/mol. The van der Waals surface area contributed by atoms with Gasteiger partial charge in [0.2, 0.25) is 5.91 Å². The Morgan fingerprint density at radius 3 is 2.55 bits per heavy atom. The Kier molecular flexibility index (Phi) is 6.65. The van der Waals surface area contributed by atoms with Crippen molar-refractivity contribution >= 4 is 30.7 Å². The van der Waals surface area contributed by atoms with Crippen LogP contribution in [0, 0.1) is 25.7 Å². The third kappa shape index (κ3) is 3.73. The lowest BCUT2D eigenvalue weighted by Crippen LogP contribution is -2.38. The molecule has 3 atom stereocenters. The summed E-state index contributed by atoms with van der Waals surface area (Å²) in [6.07, 6.45) is 2.35. The summed E-state index contributed by atoms with van der Waals surface area (Å²) < 4.78 is 0. The first-order chi connectivity index (χ1) is 9.54. The van der Waals surface area contributed by atoms with E-state index in [1.54, 1.807) is 0 Å². The van der Waals surface area contributed by atoms with Crippen molar-refractivity contribution < 1.29 is 4.79 Å². The van der Waals surface area contributed by atoms with Crippen LogP contribution in [0.3, 0.4) is 0 Å². The SMILES string of the molecule is Cc1cc(C)nc(CN(C)C(=O)[C@@H]2[C@H]3CC[C@@H]2NC3)c1.Cl.Cl. The summed E-state index contributed by atoms with van der Waals surface area (Å²) in [5, 5.41) is 3.46. The molecular formula is C16H25Cl2N3O. The number of carbonyl (C=O) groups excluding carboxylic acids is 1. The van der Waals surface area contributed by atoms with Crippen LogP contribution in [0.1, 0.15) is 29.8 Å². The van der Waals surface area contributed by atoms with Crippen LogP contribution < -0.4 is 5.32 Å². The lowest BCUT2D eigenvalue weighted by atomic mass is 9.96. The molecule has 2 bridgehead atoms. The smallest absolute Gasteiger partial charge is 0.227 e. The monoisotopic (exact) mass is 345 g/mol. The lowest BCUT2D eigenvalue weighted by molar-refractivity contribution is -0.135. The second-order valence-electron chi connectivity index (χ2n) is 6.35. The normalized spacial score (nSPS) is 25.3. The second kappa shape index (κ2) is 7.62. The molecule has 0 radical (unpaired) electrons. The molecule has 3 rings (SSSR count). The first kappa shape index (κ1) is 19.2. The zero-order chi connectivity index (χ0) is 14.3. The van der Waals surface area contributed by atoms with Crippen LogP contribution in [0.15, 0.2) is 12.1 Å². The Labute approximate surface area is 144 Å². The molecule has 1 amide bonds. The minimum Gasteiger partial charge on any atom is -0.340 e. The van der Waals surface area contributed by atoms with Gasteiger partial charge in [-0.2, -0.15) is 0 Å². The van der Waals surface area contributed by atoms with E-state index in [9.17, 15) is 4.79 Å². The Morgan fingerprint density at radius 1 is 1.32 bits per heavy atom. The van der Waals surface area contributed by atoms with Gasteiger partial charge in [0.25, 0.3) is 0 Å². The molecule has 1 aliphatic carbocycles. The fraction of sp³-hybridized carbons (Fsp3) is 0.625. The predicted octanol–water partition coefficient (Wildman–Crippen LogP) is 2.50. The number of aryl methyl sites for hydroxylation is 2. The topological polar surface area (TPSA) is 45.2 Å². The molecule has 124 valence electrons. The fourth-order valence-corrected chi connectivity index (χ4v) is 3.80. The first-order valence-electron chi connectivity index (χ1n) is 7.47. The van der Waals surface area contributed by atoms with Crippen molar-refractivity contribution in [3.05, 3.63) is 29.1 Å². The van der Waals surface area contributed by atoms with Crippen LogP contribution in [-0.2, 0) is 11.3 Å². The maximum atomic E-state index is 12.6. The number of nitrogens with zero attached hydrogens (tertiary/aromatic N) is 2. The number of piperidine rings is 1. The van der Waals surface area contributed by atoms with Crippen molar-refractivity contribution in [1.82, 2.24) is 15.2 Å². The van der Waals surface area contributed by atoms with Gasteiger partial charge >= 0.3 is 0 Å². The molecule has 1 saturated heterocycles. The van der Waals surface area contributed by atoms with E-state index >= 15 is 0 Å². The number of hydrogen-bond acceptors (Lipinski definition) is 3. The summed E-state index contributed by atoms with van der Waals surface area (Å²) in [5.41, 5.74) is 3.20. The van der Waals surface area contributed by atoms with Gasteiger partial charge in [-0.1, -0.05) is 0 Å². The van der Waals surface area contributed by atoms with Gasteiger partial charge in [0.15, 0.2) is 0 Å². The van der Waals surface area contributed by atoms with Gasteiger partial charge < -0.3 is 10.2 Å². The largest absolute Gasteiger partial charge is 0.340 e. The van der Waals surface area contributed by atoms with E-state index in [4.69, 9.17) is 0 Å². The molecule has 2 fully saturated rings. The molecule has 0 aromatic carbocycles. The van der Waals surface area contributed by atoms with Gasteiger partial charge in [-0.3, -0.25) is 9.78 Å². The quantitative estimate of drug-likeness (QED) is 0.915. The Hall–Kier alpha value is -0.840. The number of rotatable bonds is 3. The fourth-order valence-electron chi connectivity index (χ4n) is 3.80. The van der Waals surface area contributed by atoms with E-state index in [1.807, 2.05) is 18.9 Å². The molecule has 22 heavy (non-hydrogen) atoms. The molecule has 1 aromatic heterocycles. The highest BCUT2D eigenvalue weighted by Gasteiger charge is 2.46. The summed E-state index contributed by atoms with van der Waals surface area (Å²) in [5.74, 6) is 1.01. The molecule has 1 aromatic rings. The van der Waals surface area contributed by atoms with Gasteiger partial charge in [-0.25, -0.2) is 0 Å². The molecule has 2 aliphatic rings. The van der Waals surface area contributed by atoms with Crippen LogP contribution in [0.25, 0.3) is 0 Å². The number of halogens is 2. The summed E-state index contributed by atoms with van der Waals surface area (Å²) in [6.45, 7) is 5.69. The van der Waals surface area contributed by atoms with E-state index in [2.05, 4.69) is 29.4 Å². The summed E-state index contributed by atoms with van der Waals surface area (Å²) in [7, 11) is 1.90. The van der Waals surface area contributed by atoms with Crippen molar-refractivity contribution in [2.45, 2.75) is 39.3 Å². The molecule has 4 nitrogen and oxygen atoms in total.